The van der Waals surface area contributed by atoms with E-state index in [1.165, 1.54) is 12.1 Å². The normalized spacial score (nSPS) is 19.7. The molecule has 2 aliphatic rings. The van der Waals surface area contributed by atoms with Gasteiger partial charge < -0.3 is 10.8 Å². The maximum Gasteiger partial charge on any atom is 0.281 e. The van der Waals surface area contributed by atoms with Crippen molar-refractivity contribution < 1.29 is 22.7 Å². The van der Waals surface area contributed by atoms with Gasteiger partial charge in [-0.05, 0) is 65.8 Å². The van der Waals surface area contributed by atoms with E-state index < -0.39 is 30.4 Å². The van der Waals surface area contributed by atoms with Crippen molar-refractivity contribution in [3.63, 3.8) is 0 Å². The molecule has 2 aromatic heterocycles. The molecule has 184 valence electrons. The third-order valence-electron chi connectivity index (χ3n) is 6.73. The fraction of sp³-hybridized carbons (Fsp3) is 0.259. The van der Waals surface area contributed by atoms with Gasteiger partial charge in [-0.25, -0.2) is 22.5 Å². The first kappa shape index (κ1) is 23.8. The SMILES string of the molecule is N#Cc1cc(F)cc2c1CCCC2F.Nc1cccn2c(-c3cccc4c3C(O)C(F)(F)C4)cnc12. The van der Waals surface area contributed by atoms with Crippen LogP contribution in [0.3, 0.4) is 0 Å². The van der Waals surface area contributed by atoms with Crippen molar-refractivity contribution >= 4 is 11.3 Å². The number of rotatable bonds is 1. The number of aromatic nitrogens is 2. The molecule has 2 heterocycles. The van der Waals surface area contributed by atoms with Crippen LogP contribution in [0.5, 0.6) is 0 Å². The van der Waals surface area contributed by atoms with Crippen LogP contribution in [0.2, 0.25) is 0 Å². The molecule has 0 saturated heterocycles. The summed E-state index contributed by atoms with van der Waals surface area (Å²) in [5.74, 6) is -3.66. The number of nitrogen functional groups attached to an aromatic ring is 1. The first-order valence-electron chi connectivity index (χ1n) is 11.5. The smallest absolute Gasteiger partial charge is 0.281 e. The number of aliphatic hydroxyl groups is 1. The second-order valence-electron chi connectivity index (χ2n) is 9.01. The lowest BCUT2D eigenvalue weighted by molar-refractivity contribution is -0.0966. The Hall–Kier alpha value is -3.90. The summed E-state index contributed by atoms with van der Waals surface area (Å²) in [6.07, 6.45) is 1.84. The van der Waals surface area contributed by atoms with Crippen LogP contribution in [0.25, 0.3) is 16.9 Å². The predicted octanol–water partition coefficient (Wildman–Crippen LogP) is 5.85. The quantitative estimate of drug-likeness (QED) is 0.325. The standard InChI is InChI=1S/C16H13F2N3O.C11H9F2N/c17-16(18)7-9-3-1-4-10(13(9)14(16)22)12-8-20-15-11(19)5-2-6-21(12)15;12-8-4-7(6-14)9-2-1-3-11(13)10(9)5-8/h1-6,8,14,22H,7,19H2;4-5,11H,1-3H2. The van der Waals surface area contributed by atoms with Gasteiger partial charge in [-0.1, -0.05) is 18.2 Å². The van der Waals surface area contributed by atoms with E-state index in [0.717, 1.165) is 6.42 Å². The number of fused-ring (bicyclic) bond motifs is 3. The molecule has 36 heavy (non-hydrogen) atoms. The number of aliphatic hydroxyl groups excluding tert-OH is 1. The Morgan fingerprint density at radius 1 is 1.19 bits per heavy atom. The lowest BCUT2D eigenvalue weighted by Crippen LogP contribution is -2.21. The van der Waals surface area contributed by atoms with E-state index in [4.69, 9.17) is 11.0 Å². The van der Waals surface area contributed by atoms with Crippen molar-refractivity contribution in [1.82, 2.24) is 9.38 Å². The maximum atomic E-state index is 13.8. The number of nitrogens with two attached hydrogens (primary N) is 1. The Morgan fingerprint density at radius 2 is 2.00 bits per heavy atom. The molecule has 0 bridgehead atoms. The summed E-state index contributed by atoms with van der Waals surface area (Å²) in [5.41, 5.74) is 10.2. The van der Waals surface area contributed by atoms with Gasteiger partial charge in [-0.3, -0.25) is 4.40 Å². The first-order valence-corrected chi connectivity index (χ1v) is 11.5. The highest BCUT2D eigenvalue weighted by Crippen LogP contribution is 2.47. The Balaban J connectivity index is 0.000000165. The van der Waals surface area contributed by atoms with Gasteiger partial charge in [-0.15, -0.1) is 0 Å². The van der Waals surface area contributed by atoms with Gasteiger partial charge in [-0.2, -0.15) is 5.26 Å². The van der Waals surface area contributed by atoms with Crippen molar-refractivity contribution in [2.24, 2.45) is 0 Å². The zero-order valence-corrected chi connectivity index (χ0v) is 19.1. The minimum absolute atomic E-state index is 0.275. The van der Waals surface area contributed by atoms with Crippen LogP contribution in [-0.4, -0.2) is 20.4 Å². The maximum absolute atomic E-state index is 13.8. The molecule has 0 aliphatic heterocycles. The van der Waals surface area contributed by atoms with Crippen LogP contribution < -0.4 is 5.73 Å². The number of benzene rings is 2. The molecule has 4 aromatic rings. The van der Waals surface area contributed by atoms with Gasteiger partial charge in [0.05, 0.1) is 29.2 Å². The molecular formula is C27H22F4N4O. The van der Waals surface area contributed by atoms with Crippen molar-refractivity contribution in [3.05, 3.63) is 88.5 Å². The fourth-order valence-electron chi connectivity index (χ4n) is 5.04. The van der Waals surface area contributed by atoms with Crippen LogP contribution >= 0.6 is 0 Å². The average Bonchev–Trinajstić information content (AvgIpc) is 3.38. The van der Waals surface area contributed by atoms with Crippen molar-refractivity contribution in [3.8, 4) is 17.3 Å². The molecular weight excluding hydrogens is 472 g/mol. The Bertz CT molecular complexity index is 1510. The Kier molecular flexibility index (Phi) is 5.92. The largest absolute Gasteiger partial charge is 0.396 e. The van der Waals surface area contributed by atoms with E-state index in [-0.39, 0.29) is 11.1 Å². The molecule has 2 unspecified atom stereocenters. The highest BCUT2D eigenvalue weighted by atomic mass is 19.3. The molecule has 0 saturated carbocycles. The number of nitrogens with zero attached hydrogens (tertiary/aromatic N) is 3. The molecule has 9 heteroatoms. The van der Waals surface area contributed by atoms with Crippen LogP contribution in [0, 0.1) is 17.1 Å². The van der Waals surface area contributed by atoms with Crippen LogP contribution in [0.15, 0.2) is 54.9 Å². The highest BCUT2D eigenvalue weighted by molar-refractivity contribution is 5.74. The summed E-state index contributed by atoms with van der Waals surface area (Å²) in [6, 6.07) is 12.8. The average molecular weight is 494 g/mol. The van der Waals surface area contributed by atoms with Crippen molar-refractivity contribution in [1.29, 1.82) is 5.26 Å². The molecule has 0 spiro atoms. The fourth-order valence-corrected chi connectivity index (χ4v) is 5.04. The summed E-state index contributed by atoms with van der Waals surface area (Å²) in [4.78, 5) is 4.25. The van der Waals surface area contributed by atoms with E-state index in [9.17, 15) is 22.7 Å². The second kappa shape index (κ2) is 8.95. The van der Waals surface area contributed by atoms with Gasteiger partial charge in [0.25, 0.3) is 5.92 Å². The summed E-state index contributed by atoms with van der Waals surface area (Å²) in [6.45, 7) is 0. The number of halogens is 4. The van der Waals surface area contributed by atoms with Gasteiger partial charge in [0.15, 0.2) is 5.65 Å². The number of hydrogen-bond acceptors (Lipinski definition) is 4. The van der Waals surface area contributed by atoms with E-state index in [0.29, 0.717) is 52.1 Å². The third kappa shape index (κ3) is 3.97. The minimum atomic E-state index is -3.14. The minimum Gasteiger partial charge on any atom is -0.396 e. The van der Waals surface area contributed by atoms with Crippen LogP contribution in [0.4, 0.5) is 23.2 Å². The summed E-state index contributed by atoms with van der Waals surface area (Å²) in [5, 5.41) is 18.8. The van der Waals surface area contributed by atoms with E-state index in [2.05, 4.69) is 4.98 Å². The third-order valence-corrected chi connectivity index (χ3v) is 6.73. The number of hydrogen-bond donors (Lipinski definition) is 2. The first-order chi connectivity index (χ1) is 17.2. The molecule has 2 atom stereocenters. The van der Waals surface area contributed by atoms with E-state index >= 15 is 0 Å². The topological polar surface area (TPSA) is 87.3 Å². The lowest BCUT2D eigenvalue weighted by Gasteiger charge is -2.20. The molecule has 0 radical (unpaired) electrons. The number of imidazole rings is 1. The lowest BCUT2D eigenvalue weighted by atomic mass is 9.87. The van der Waals surface area contributed by atoms with Gasteiger partial charge in [0.2, 0.25) is 0 Å². The summed E-state index contributed by atoms with van der Waals surface area (Å²) < 4.78 is 55.8. The van der Waals surface area contributed by atoms with Crippen LogP contribution in [0.1, 0.15) is 52.9 Å². The monoisotopic (exact) mass is 494 g/mol. The summed E-state index contributed by atoms with van der Waals surface area (Å²) >= 11 is 0. The molecule has 2 aromatic carbocycles. The number of alkyl halides is 3. The molecule has 5 nitrogen and oxygen atoms in total. The Morgan fingerprint density at radius 3 is 2.78 bits per heavy atom. The molecule has 2 aliphatic carbocycles. The van der Waals surface area contributed by atoms with Gasteiger partial charge in [0.1, 0.15) is 18.1 Å². The van der Waals surface area contributed by atoms with E-state index in [1.807, 2.05) is 6.07 Å². The molecule has 6 rings (SSSR count). The number of pyridine rings is 1. The van der Waals surface area contributed by atoms with Crippen molar-refractivity contribution in [2.75, 3.05) is 5.73 Å². The van der Waals surface area contributed by atoms with E-state index in [1.54, 1.807) is 47.1 Å². The van der Waals surface area contributed by atoms with Gasteiger partial charge >= 0.3 is 0 Å². The summed E-state index contributed by atoms with van der Waals surface area (Å²) in [7, 11) is 0. The predicted molar refractivity (Wildman–Crippen MR) is 127 cm³/mol. The zero-order valence-electron chi connectivity index (χ0n) is 19.1. The molecule has 0 amide bonds. The molecule has 3 N–H and O–H groups in total. The Labute approximate surface area is 204 Å². The van der Waals surface area contributed by atoms with Gasteiger partial charge in [0, 0.05) is 18.2 Å². The number of nitriles is 1. The molecule has 0 fully saturated rings. The van der Waals surface area contributed by atoms with Crippen LogP contribution in [-0.2, 0) is 12.8 Å². The zero-order chi connectivity index (χ0) is 25.6. The second-order valence-corrected chi connectivity index (χ2v) is 9.01. The number of anilines is 1. The van der Waals surface area contributed by atoms with Crippen molar-refractivity contribution in [2.45, 2.75) is 43.9 Å². The highest BCUT2D eigenvalue weighted by Gasteiger charge is 2.48.